The first-order valence-corrected chi connectivity index (χ1v) is 12.0. The van der Waals surface area contributed by atoms with Crippen LogP contribution in [0, 0.1) is 12.7 Å². The highest BCUT2D eigenvalue weighted by Crippen LogP contribution is 2.37. The van der Waals surface area contributed by atoms with Crippen molar-refractivity contribution < 1.29 is 46.4 Å². The lowest BCUT2D eigenvalue weighted by atomic mass is 9.95. The van der Waals surface area contributed by atoms with E-state index in [1.807, 2.05) is 6.92 Å². The van der Waals surface area contributed by atoms with Gasteiger partial charge in [0.15, 0.2) is 17.3 Å². The number of methoxy groups -OCH3 is 2. The number of ketones is 1. The van der Waals surface area contributed by atoms with Crippen molar-refractivity contribution in [1.82, 2.24) is 4.98 Å². The maximum Gasteiger partial charge on any atom is 0.573 e. The first-order valence-electron chi connectivity index (χ1n) is 12.0. The highest BCUT2D eigenvalue weighted by Gasteiger charge is 2.33. The van der Waals surface area contributed by atoms with Gasteiger partial charge >= 0.3 is 6.36 Å². The SMILES string of the molecule is COc1cc(NC(C(=O)c2c[nH]c3cc(F)c(OC(F)(F)F)cc23)c2ccc(C)cc2OC)cc(OCCO)c1. The van der Waals surface area contributed by atoms with E-state index in [2.05, 4.69) is 15.0 Å². The van der Waals surface area contributed by atoms with E-state index in [-0.39, 0.29) is 29.7 Å². The molecule has 0 bridgehead atoms. The minimum absolute atomic E-state index is 0.0122. The molecule has 0 radical (unpaired) electrons. The van der Waals surface area contributed by atoms with E-state index in [0.717, 1.165) is 17.7 Å². The number of aliphatic hydroxyl groups excluding tert-OH is 1. The van der Waals surface area contributed by atoms with E-state index in [1.54, 1.807) is 36.4 Å². The van der Waals surface area contributed by atoms with Crippen molar-refractivity contribution >= 4 is 22.4 Å². The number of nitrogens with one attached hydrogen (secondary N) is 2. The molecule has 3 N–H and O–H groups in total. The zero-order valence-electron chi connectivity index (χ0n) is 21.7. The third-order valence-electron chi connectivity index (χ3n) is 5.97. The Kier molecular flexibility index (Phi) is 8.38. The molecule has 0 spiro atoms. The van der Waals surface area contributed by atoms with E-state index in [9.17, 15) is 22.4 Å². The number of hydrogen-bond donors (Lipinski definition) is 3. The van der Waals surface area contributed by atoms with Crippen LogP contribution in [0.25, 0.3) is 10.9 Å². The summed E-state index contributed by atoms with van der Waals surface area (Å²) >= 11 is 0. The van der Waals surface area contributed by atoms with Crippen LogP contribution in [0.1, 0.15) is 27.5 Å². The van der Waals surface area contributed by atoms with Crippen LogP contribution in [-0.2, 0) is 0 Å². The standard InChI is InChI=1S/C28H26F4N2O6/c1-15-4-5-19(24(8-15)38-3)26(34-16-9-17(37-2)11-18(10-16)39-7-6-35)27(36)21-14-33-23-13-22(29)25(12-20(21)23)40-28(30,31)32/h4-5,8-14,26,33-35H,6-7H2,1-3H3. The Morgan fingerprint density at radius 1 is 1.02 bits per heavy atom. The van der Waals surface area contributed by atoms with Crippen LogP contribution in [0.15, 0.2) is 54.7 Å². The van der Waals surface area contributed by atoms with E-state index in [1.165, 1.54) is 20.4 Å². The summed E-state index contributed by atoms with van der Waals surface area (Å²) in [6.07, 6.45) is -3.84. The number of halogens is 4. The highest BCUT2D eigenvalue weighted by atomic mass is 19.4. The van der Waals surface area contributed by atoms with Crippen LogP contribution < -0.4 is 24.3 Å². The normalized spacial score (nSPS) is 12.2. The largest absolute Gasteiger partial charge is 0.573 e. The number of Topliss-reactive ketones (excluding diaryl/α,β-unsaturated/α-hetero) is 1. The Hall–Kier alpha value is -4.45. The quantitative estimate of drug-likeness (QED) is 0.154. The molecule has 3 aromatic carbocycles. The monoisotopic (exact) mass is 562 g/mol. The van der Waals surface area contributed by atoms with E-state index in [4.69, 9.17) is 19.3 Å². The number of aliphatic hydroxyl groups is 1. The van der Waals surface area contributed by atoms with Crippen LogP contribution in [0.2, 0.25) is 0 Å². The van der Waals surface area contributed by atoms with Crippen molar-refractivity contribution in [2.75, 3.05) is 32.8 Å². The average molecular weight is 563 g/mol. The zero-order valence-corrected chi connectivity index (χ0v) is 21.7. The summed E-state index contributed by atoms with van der Waals surface area (Å²) in [6.45, 7) is 1.65. The Bertz CT molecular complexity index is 1520. The van der Waals surface area contributed by atoms with Crippen molar-refractivity contribution in [3.8, 4) is 23.0 Å². The summed E-state index contributed by atoms with van der Waals surface area (Å²) in [7, 11) is 2.90. The Morgan fingerprint density at radius 3 is 2.45 bits per heavy atom. The molecule has 0 saturated carbocycles. The van der Waals surface area contributed by atoms with Crippen LogP contribution in [0.3, 0.4) is 0 Å². The molecule has 0 aliphatic heterocycles. The van der Waals surface area contributed by atoms with Crippen molar-refractivity contribution in [3.05, 3.63) is 77.2 Å². The minimum Gasteiger partial charge on any atom is -0.497 e. The number of aromatic amines is 1. The number of H-pyrrole nitrogens is 1. The second-order valence-corrected chi connectivity index (χ2v) is 8.73. The van der Waals surface area contributed by atoms with Gasteiger partial charge in [-0.1, -0.05) is 12.1 Å². The van der Waals surface area contributed by atoms with Crippen molar-refractivity contribution in [3.63, 3.8) is 0 Å². The number of aryl methyl sites for hydroxylation is 1. The number of rotatable bonds is 11. The lowest BCUT2D eigenvalue weighted by Crippen LogP contribution is -2.22. The second-order valence-electron chi connectivity index (χ2n) is 8.73. The molecule has 1 atom stereocenters. The molecular weight excluding hydrogens is 536 g/mol. The summed E-state index contributed by atoms with van der Waals surface area (Å²) in [5.41, 5.74) is 1.79. The number of hydrogen-bond acceptors (Lipinski definition) is 7. The summed E-state index contributed by atoms with van der Waals surface area (Å²) in [4.78, 5) is 16.8. The first-order chi connectivity index (χ1) is 19.0. The first kappa shape index (κ1) is 28.6. The van der Waals surface area contributed by atoms with Gasteiger partial charge in [0.1, 0.15) is 29.9 Å². The number of carbonyl (C=O) groups is 1. The predicted molar refractivity (Wildman–Crippen MR) is 139 cm³/mol. The molecule has 4 rings (SSSR count). The molecule has 0 amide bonds. The molecule has 40 heavy (non-hydrogen) atoms. The van der Waals surface area contributed by atoms with Crippen molar-refractivity contribution in [2.24, 2.45) is 0 Å². The second kappa shape index (κ2) is 11.7. The third-order valence-corrected chi connectivity index (χ3v) is 5.97. The van der Waals surface area contributed by atoms with Crippen LogP contribution >= 0.6 is 0 Å². The number of aromatic nitrogens is 1. The fourth-order valence-electron chi connectivity index (χ4n) is 4.21. The van der Waals surface area contributed by atoms with Gasteiger partial charge in [-0.25, -0.2) is 4.39 Å². The Labute approximate surface area is 226 Å². The maximum absolute atomic E-state index is 14.3. The molecule has 0 aliphatic rings. The minimum atomic E-state index is -5.13. The maximum atomic E-state index is 14.3. The summed E-state index contributed by atoms with van der Waals surface area (Å²) in [6, 6.07) is 10.6. The summed E-state index contributed by atoms with van der Waals surface area (Å²) in [5, 5.41) is 12.3. The van der Waals surface area contributed by atoms with E-state index >= 15 is 0 Å². The zero-order chi connectivity index (χ0) is 29.0. The number of benzene rings is 3. The number of anilines is 1. The van der Waals surface area contributed by atoms with Crippen LogP contribution in [0.5, 0.6) is 23.0 Å². The summed E-state index contributed by atoms with van der Waals surface area (Å²) in [5.74, 6) is -1.72. The third kappa shape index (κ3) is 6.40. The van der Waals surface area contributed by atoms with E-state index < -0.39 is 29.8 Å². The van der Waals surface area contributed by atoms with Gasteiger partial charge in [-0.15, -0.1) is 13.2 Å². The molecular formula is C28H26F4N2O6. The van der Waals surface area contributed by atoms with Crippen molar-refractivity contribution in [2.45, 2.75) is 19.3 Å². The molecule has 0 fully saturated rings. The number of ether oxygens (including phenoxy) is 4. The van der Waals surface area contributed by atoms with E-state index in [0.29, 0.717) is 28.5 Å². The molecule has 0 aliphatic carbocycles. The molecule has 4 aromatic rings. The molecule has 12 heteroatoms. The summed E-state index contributed by atoms with van der Waals surface area (Å²) < 4.78 is 73.1. The van der Waals surface area contributed by atoms with Crippen LogP contribution in [-0.4, -0.2) is 49.7 Å². The van der Waals surface area contributed by atoms with Gasteiger partial charge in [0.2, 0.25) is 0 Å². The van der Waals surface area contributed by atoms with Gasteiger partial charge in [0.25, 0.3) is 0 Å². The molecule has 0 saturated heterocycles. The Balaban J connectivity index is 1.83. The van der Waals surface area contributed by atoms with Gasteiger partial charge in [-0.05, 0) is 24.6 Å². The average Bonchev–Trinajstić information content (AvgIpc) is 3.31. The van der Waals surface area contributed by atoms with Crippen molar-refractivity contribution in [1.29, 1.82) is 0 Å². The van der Waals surface area contributed by atoms with Crippen LogP contribution in [0.4, 0.5) is 23.2 Å². The molecule has 1 aromatic heterocycles. The van der Waals surface area contributed by atoms with Gasteiger partial charge in [0.05, 0.1) is 20.8 Å². The van der Waals surface area contributed by atoms with Gasteiger partial charge in [0, 0.05) is 58.2 Å². The molecule has 1 unspecified atom stereocenters. The molecule has 1 heterocycles. The lowest BCUT2D eigenvalue weighted by Gasteiger charge is -2.22. The van der Waals surface area contributed by atoms with Gasteiger partial charge in [-0.2, -0.15) is 0 Å². The van der Waals surface area contributed by atoms with Gasteiger partial charge in [-0.3, -0.25) is 4.79 Å². The number of alkyl halides is 3. The molecule has 212 valence electrons. The number of carbonyl (C=O) groups excluding carboxylic acids is 1. The number of fused-ring (bicyclic) bond motifs is 1. The predicted octanol–water partition coefficient (Wildman–Crippen LogP) is 5.94. The lowest BCUT2D eigenvalue weighted by molar-refractivity contribution is -0.275. The molecule has 8 nitrogen and oxygen atoms in total. The highest BCUT2D eigenvalue weighted by molar-refractivity contribution is 6.12. The van der Waals surface area contributed by atoms with Gasteiger partial charge < -0.3 is 34.4 Å². The topological polar surface area (TPSA) is 102 Å². The Morgan fingerprint density at radius 2 is 1.77 bits per heavy atom. The smallest absolute Gasteiger partial charge is 0.497 e. The fourth-order valence-corrected chi connectivity index (χ4v) is 4.21. The fraction of sp³-hybridized carbons (Fsp3) is 0.250.